The highest BCUT2D eigenvalue weighted by Crippen LogP contribution is 2.32. The Balaban J connectivity index is 1.96. The van der Waals surface area contributed by atoms with E-state index >= 15 is 0 Å². The zero-order valence-corrected chi connectivity index (χ0v) is 15.7. The van der Waals surface area contributed by atoms with Crippen LogP contribution in [0.1, 0.15) is 32.7 Å². The minimum Gasteiger partial charge on any atom is -0.423 e. The number of ketones is 1. The van der Waals surface area contributed by atoms with Crippen molar-refractivity contribution in [3.8, 4) is 5.75 Å². The molecule has 0 spiro atoms. The van der Waals surface area contributed by atoms with E-state index in [1.165, 1.54) is 32.3 Å². The van der Waals surface area contributed by atoms with Crippen LogP contribution in [0.3, 0.4) is 0 Å². The topological polar surface area (TPSA) is 80.8 Å². The molecule has 0 unspecified atom stereocenters. The molecule has 1 aliphatic rings. The highest BCUT2D eigenvalue weighted by molar-refractivity contribution is 7.89. The lowest BCUT2D eigenvalue weighted by Gasteiger charge is -2.13. The average Bonchev–Trinajstić information content (AvgIpc) is 2.97. The Hall–Kier alpha value is -2.22. The zero-order valence-electron chi connectivity index (χ0n) is 14.2. The fourth-order valence-electron chi connectivity index (χ4n) is 2.74. The second kappa shape index (κ2) is 6.83. The molecule has 2 aromatic carbocycles. The second-order valence-electron chi connectivity index (χ2n) is 6.02. The summed E-state index contributed by atoms with van der Waals surface area (Å²) in [5, 5.41) is 0.0800. The summed E-state index contributed by atoms with van der Waals surface area (Å²) in [7, 11) is -0.927. The Labute approximate surface area is 156 Å². The van der Waals surface area contributed by atoms with Crippen LogP contribution in [0.25, 0.3) is 0 Å². The molecule has 0 atom stereocenters. The summed E-state index contributed by atoms with van der Waals surface area (Å²) in [6.45, 7) is 0. The number of fused-ring (bicyclic) bond motifs is 1. The lowest BCUT2D eigenvalue weighted by Crippen LogP contribution is -2.22. The molecule has 0 aromatic heterocycles. The van der Waals surface area contributed by atoms with Gasteiger partial charge < -0.3 is 4.74 Å². The molecule has 0 N–H and O–H groups in total. The van der Waals surface area contributed by atoms with Crippen molar-refractivity contribution < 1.29 is 22.7 Å². The van der Waals surface area contributed by atoms with Gasteiger partial charge in [-0.1, -0.05) is 23.7 Å². The number of carbonyl (C=O) groups is 2. The maximum atomic E-state index is 12.6. The van der Waals surface area contributed by atoms with Crippen LogP contribution < -0.4 is 4.74 Å². The summed E-state index contributed by atoms with van der Waals surface area (Å²) < 4.78 is 31.0. The maximum absolute atomic E-state index is 12.6. The number of rotatable bonds is 4. The molecule has 0 radical (unpaired) electrons. The van der Waals surface area contributed by atoms with E-state index < -0.39 is 16.0 Å². The summed E-state index contributed by atoms with van der Waals surface area (Å²) >= 11 is 6.06. The second-order valence-corrected chi connectivity index (χ2v) is 8.58. The van der Waals surface area contributed by atoms with Gasteiger partial charge in [-0.3, -0.25) is 4.79 Å². The van der Waals surface area contributed by atoms with Gasteiger partial charge in [-0.15, -0.1) is 0 Å². The standard InChI is InChI=1S/C18H16ClNO5S/c1-20(2)26(23,24)11-6-8-15(19)14(10-11)18(22)25-17-5-3-4-12-13(17)7-9-16(12)21/h3-6,8,10H,7,9H2,1-2H3. The monoisotopic (exact) mass is 393 g/mol. The van der Waals surface area contributed by atoms with Crippen LogP contribution in [0.4, 0.5) is 0 Å². The molecule has 136 valence electrons. The van der Waals surface area contributed by atoms with E-state index in [1.807, 2.05) is 0 Å². The Bertz CT molecular complexity index is 1010. The molecule has 6 nitrogen and oxygen atoms in total. The quantitative estimate of drug-likeness (QED) is 0.589. The van der Waals surface area contributed by atoms with E-state index in [1.54, 1.807) is 18.2 Å². The summed E-state index contributed by atoms with van der Waals surface area (Å²) in [6, 6.07) is 8.79. The van der Waals surface area contributed by atoms with Crippen molar-refractivity contribution in [3.63, 3.8) is 0 Å². The number of nitrogens with zero attached hydrogens (tertiary/aromatic N) is 1. The lowest BCUT2D eigenvalue weighted by molar-refractivity contribution is 0.0732. The van der Waals surface area contributed by atoms with E-state index in [0.717, 1.165) is 4.31 Å². The van der Waals surface area contributed by atoms with Gasteiger partial charge in [0.25, 0.3) is 0 Å². The number of sulfonamides is 1. The van der Waals surface area contributed by atoms with Crippen LogP contribution in [0, 0.1) is 0 Å². The third-order valence-corrected chi connectivity index (χ3v) is 6.32. The number of benzene rings is 2. The number of halogens is 1. The Morgan fingerprint density at radius 3 is 2.58 bits per heavy atom. The molecule has 26 heavy (non-hydrogen) atoms. The number of ether oxygens (including phenoxy) is 1. The van der Waals surface area contributed by atoms with Crippen molar-refractivity contribution in [1.82, 2.24) is 4.31 Å². The van der Waals surface area contributed by atoms with E-state index in [4.69, 9.17) is 16.3 Å². The fraction of sp³-hybridized carbons (Fsp3) is 0.222. The van der Waals surface area contributed by atoms with Crippen molar-refractivity contribution in [2.45, 2.75) is 17.7 Å². The van der Waals surface area contributed by atoms with Gasteiger partial charge in [-0.25, -0.2) is 17.5 Å². The first-order chi connectivity index (χ1) is 12.2. The normalized spacial score (nSPS) is 13.8. The number of hydrogen-bond acceptors (Lipinski definition) is 5. The molecular formula is C18H16ClNO5S. The van der Waals surface area contributed by atoms with Crippen LogP contribution >= 0.6 is 11.6 Å². The van der Waals surface area contributed by atoms with Crippen molar-refractivity contribution in [2.75, 3.05) is 14.1 Å². The maximum Gasteiger partial charge on any atom is 0.345 e. The molecular weight excluding hydrogens is 378 g/mol. The summed E-state index contributed by atoms with van der Waals surface area (Å²) in [5.41, 5.74) is 1.17. The Kier molecular flexibility index (Phi) is 4.88. The SMILES string of the molecule is CN(C)S(=O)(=O)c1ccc(Cl)c(C(=O)Oc2cccc3c2CCC3=O)c1. The van der Waals surface area contributed by atoms with E-state index in [0.29, 0.717) is 24.0 Å². The largest absolute Gasteiger partial charge is 0.423 e. The van der Waals surface area contributed by atoms with Crippen molar-refractivity contribution in [3.05, 3.63) is 58.1 Å². The van der Waals surface area contributed by atoms with Gasteiger partial charge >= 0.3 is 5.97 Å². The van der Waals surface area contributed by atoms with E-state index in [9.17, 15) is 18.0 Å². The molecule has 0 saturated carbocycles. The molecule has 0 bridgehead atoms. The molecule has 2 aromatic rings. The van der Waals surface area contributed by atoms with Crippen molar-refractivity contribution >= 4 is 33.4 Å². The smallest absolute Gasteiger partial charge is 0.345 e. The van der Waals surface area contributed by atoms with Gasteiger partial charge in [0.15, 0.2) is 5.78 Å². The van der Waals surface area contributed by atoms with Gasteiger partial charge in [0.1, 0.15) is 5.75 Å². The van der Waals surface area contributed by atoms with Crippen LogP contribution in [-0.4, -0.2) is 38.6 Å². The molecule has 8 heteroatoms. The summed E-state index contributed by atoms with van der Waals surface area (Å²) in [5.74, 6) is -0.483. The predicted molar refractivity (Wildman–Crippen MR) is 96.4 cm³/mol. The van der Waals surface area contributed by atoms with Crippen LogP contribution in [0.2, 0.25) is 5.02 Å². The van der Waals surface area contributed by atoms with E-state index in [2.05, 4.69) is 0 Å². The number of hydrogen-bond donors (Lipinski definition) is 0. The number of Topliss-reactive ketones (excluding diaryl/α,β-unsaturated/α-hetero) is 1. The molecule has 3 rings (SSSR count). The van der Waals surface area contributed by atoms with Crippen molar-refractivity contribution in [2.24, 2.45) is 0 Å². The van der Waals surface area contributed by atoms with Crippen molar-refractivity contribution in [1.29, 1.82) is 0 Å². The lowest BCUT2D eigenvalue weighted by atomic mass is 10.1. The molecule has 0 fully saturated rings. The summed E-state index contributed by atoms with van der Waals surface area (Å²) in [4.78, 5) is 24.3. The average molecular weight is 394 g/mol. The van der Waals surface area contributed by atoms with Crippen LogP contribution in [0.15, 0.2) is 41.3 Å². The van der Waals surface area contributed by atoms with Gasteiger partial charge in [-0.05, 0) is 30.7 Å². The van der Waals surface area contributed by atoms with Crippen LogP contribution in [-0.2, 0) is 16.4 Å². The van der Waals surface area contributed by atoms with Crippen LogP contribution in [0.5, 0.6) is 5.75 Å². The van der Waals surface area contributed by atoms with Gasteiger partial charge in [-0.2, -0.15) is 0 Å². The zero-order chi connectivity index (χ0) is 19.1. The predicted octanol–water partition coefficient (Wildman–Crippen LogP) is 2.94. The minimum atomic E-state index is -3.72. The molecule has 0 amide bonds. The highest BCUT2D eigenvalue weighted by Gasteiger charge is 2.26. The first kappa shape index (κ1) is 18.6. The molecule has 1 aliphatic carbocycles. The van der Waals surface area contributed by atoms with E-state index in [-0.39, 0.29) is 27.0 Å². The Morgan fingerprint density at radius 1 is 1.15 bits per heavy atom. The molecule has 0 aliphatic heterocycles. The third-order valence-electron chi connectivity index (χ3n) is 4.17. The molecule has 0 saturated heterocycles. The number of carbonyl (C=O) groups excluding carboxylic acids is 2. The van der Waals surface area contributed by atoms with Gasteiger partial charge in [0.2, 0.25) is 10.0 Å². The molecule has 0 heterocycles. The number of esters is 1. The fourth-order valence-corrected chi connectivity index (χ4v) is 3.86. The third kappa shape index (κ3) is 3.25. The highest BCUT2D eigenvalue weighted by atomic mass is 35.5. The van der Waals surface area contributed by atoms with Gasteiger partial charge in [0, 0.05) is 31.6 Å². The van der Waals surface area contributed by atoms with Gasteiger partial charge in [0.05, 0.1) is 15.5 Å². The Morgan fingerprint density at radius 2 is 1.88 bits per heavy atom. The first-order valence-electron chi connectivity index (χ1n) is 7.81. The minimum absolute atomic E-state index is 0.00926. The summed E-state index contributed by atoms with van der Waals surface area (Å²) in [6.07, 6.45) is 0.877. The first-order valence-corrected chi connectivity index (χ1v) is 9.63.